The molecule has 0 aliphatic heterocycles. The number of halogens is 1. The SMILES string of the molecule is CC(C)n1nnnc1Cn1ncc2cc([N+](=O)[O-])cc(Cl)c21. The van der Waals surface area contributed by atoms with Gasteiger partial charge in [-0.3, -0.25) is 14.8 Å². The third-order valence-electron chi connectivity index (χ3n) is 3.22. The van der Waals surface area contributed by atoms with E-state index in [0.717, 1.165) is 0 Å². The summed E-state index contributed by atoms with van der Waals surface area (Å²) in [6, 6.07) is 2.87. The van der Waals surface area contributed by atoms with E-state index in [9.17, 15) is 10.1 Å². The van der Waals surface area contributed by atoms with Crippen LogP contribution in [0.3, 0.4) is 0 Å². The largest absolute Gasteiger partial charge is 0.271 e. The molecule has 0 fully saturated rings. The van der Waals surface area contributed by atoms with Crippen LogP contribution in [-0.2, 0) is 6.54 Å². The molecule has 0 N–H and O–H groups in total. The van der Waals surface area contributed by atoms with Crippen molar-refractivity contribution in [3.63, 3.8) is 0 Å². The van der Waals surface area contributed by atoms with E-state index in [1.165, 1.54) is 18.3 Å². The molecule has 0 saturated carbocycles. The van der Waals surface area contributed by atoms with Crippen molar-refractivity contribution in [2.75, 3.05) is 0 Å². The summed E-state index contributed by atoms with van der Waals surface area (Å²) in [4.78, 5) is 10.4. The highest BCUT2D eigenvalue weighted by atomic mass is 35.5. The van der Waals surface area contributed by atoms with Gasteiger partial charge in [0.2, 0.25) is 0 Å². The first-order valence-corrected chi connectivity index (χ1v) is 6.91. The molecule has 1 aromatic carbocycles. The van der Waals surface area contributed by atoms with Crippen molar-refractivity contribution in [1.82, 2.24) is 30.0 Å². The fraction of sp³-hybridized carbons (Fsp3) is 0.333. The van der Waals surface area contributed by atoms with E-state index in [0.29, 0.717) is 23.3 Å². The first-order chi connectivity index (χ1) is 10.5. The lowest BCUT2D eigenvalue weighted by Crippen LogP contribution is -2.12. The number of nitro groups is 1. The number of benzene rings is 1. The summed E-state index contributed by atoms with van der Waals surface area (Å²) in [7, 11) is 0. The summed E-state index contributed by atoms with van der Waals surface area (Å²) in [5.74, 6) is 0.634. The van der Waals surface area contributed by atoms with Crippen molar-refractivity contribution >= 4 is 28.2 Å². The Morgan fingerprint density at radius 3 is 2.86 bits per heavy atom. The lowest BCUT2D eigenvalue weighted by Gasteiger charge is -2.08. The molecule has 0 aliphatic rings. The van der Waals surface area contributed by atoms with Gasteiger partial charge in [-0.05, 0) is 24.3 Å². The van der Waals surface area contributed by atoms with Crippen LogP contribution in [0.5, 0.6) is 0 Å². The Morgan fingerprint density at radius 1 is 1.41 bits per heavy atom. The number of tetrazole rings is 1. The molecule has 10 heteroatoms. The lowest BCUT2D eigenvalue weighted by atomic mass is 10.2. The highest BCUT2D eigenvalue weighted by Crippen LogP contribution is 2.29. The van der Waals surface area contributed by atoms with Crippen LogP contribution < -0.4 is 0 Å². The first kappa shape index (κ1) is 14.4. The summed E-state index contributed by atoms with van der Waals surface area (Å²) < 4.78 is 3.32. The van der Waals surface area contributed by atoms with E-state index < -0.39 is 4.92 Å². The molecule has 0 saturated heterocycles. The third kappa shape index (κ3) is 2.39. The average Bonchev–Trinajstić information content (AvgIpc) is 3.06. The molecule has 9 nitrogen and oxygen atoms in total. The molecule has 0 aliphatic carbocycles. The normalized spacial score (nSPS) is 11.5. The smallest absolute Gasteiger partial charge is 0.258 e. The zero-order chi connectivity index (χ0) is 15.9. The van der Waals surface area contributed by atoms with Crippen LogP contribution in [0, 0.1) is 10.1 Å². The third-order valence-corrected chi connectivity index (χ3v) is 3.51. The minimum Gasteiger partial charge on any atom is -0.258 e. The standard InChI is InChI=1S/C12H12ClN7O2/c1-7(2)19-11(15-16-17-19)6-18-12-8(5-14-18)3-9(20(21)22)4-10(12)13/h3-5,7H,6H2,1-2H3. The zero-order valence-electron chi connectivity index (χ0n) is 11.8. The first-order valence-electron chi connectivity index (χ1n) is 6.53. The van der Waals surface area contributed by atoms with Crippen LogP contribution in [0.2, 0.25) is 5.02 Å². The molecule has 0 spiro atoms. The van der Waals surface area contributed by atoms with Crippen LogP contribution in [0.4, 0.5) is 5.69 Å². The average molecular weight is 322 g/mol. The molecule has 22 heavy (non-hydrogen) atoms. The maximum atomic E-state index is 10.9. The zero-order valence-corrected chi connectivity index (χ0v) is 12.6. The number of hydrogen-bond acceptors (Lipinski definition) is 6. The predicted molar refractivity (Wildman–Crippen MR) is 78.7 cm³/mol. The summed E-state index contributed by atoms with van der Waals surface area (Å²) >= 11 is 6.17. The van der Waals surface area contributed by atoms with Gasteiger partial charge in [0.1, 0.15) is 6.54 Å². The molecular weight excluding hydrogens is 310 g/mol. The number of fused-ring (bicyclic) bond motifs is 1. The van der Waals surface area contributed by atoms with Gasteiger partial charge in [0.15, 0.2) is 5.82 Å². The van der Waals surface area contributed by atoms with Gasteiger partial charge in [0.25, 0.3) is 5.69 Å². The van der Waals surface area contributed by atoms with Crippen LogP contribution in [0.15, 0.2) is 18.3 Å². The van der Waals surface area contributed by atoms with Gasteiger partial charge in [-0.25, -0.2) is 4.68 Å². The minimum atomic E-state index is -0.484. The summed E-state index contributed by atoms with van der Waals surface area (Å²) in [6.07, 6.45) is 1.54. The molecule has 0 radical (unpaired) electrons. The van der Waals surface area contributed by atoms with E-state index in [-0.39, 0.29) is 16.8 Å². The molecule has 3 rings (SSSR count). The number of aromatic nitrogens is 6. The molecule has 0 unspecified atom stereocenters. The molecule has 0 atom stereocenters. The Kier molecular flexibility index (Phi) is 3.49. The molecular formula is C12H12ClN7O2. The molecule has 0 bridgehead atoms. The van der Waals surface area contributed by atoms with Crippen molar-refractivity contribution in [2.24, 2.45) is 0 Å². The number of rotatable bonds is 4. The van der Waals surface area contributed by atoms with Crippen LogP contribution >= 0.6 is 11.6 Å². The van der Waals surface area contributed by atoms with Gasteiger partial charge in [-0.2, -0.15) is 5.10 Å². The summed E-state index contributed by atoms with van der Waals surface area (Å²) in [6.45, 7) is 4.26. The maximum Gasteiger partial charge on any atom is 0.271 e. The molecule has 2 aromatic heterocycles. The fourth-order valence-electron chi connectivity index (χ4n) is 2.24. The molecule has 114 valence electrons. The lowest BCUT2D eigenvalue weighted by molar-refractivity contribution is -0.384. The van der Waals surface area contributed by atoms with E-state index in [4.69, 9.17) is 11.6 Å². The topological polar surface area (TPSA) is 105 Å². The molecule has 3 aromatic rings. The maximum absolute atomic E-state index is 10.9. The highest BCUT2D eigenvalue weighted by molar-refractivity contribution is 6.35. The Balaban J connectivity index is 2.05. The number of nitro benzene ring substituents is 1. The van der Waals surface area contributed by atoms with E-state index in [2.05, 4.69) is 20.6 Å². The van der Waals surface area contributed by atoms with Crippen LogP contribution in [0.25, 0.3) is 10.9 Å². The Hall–Kier alpha value is -2.55. The fourth-order valence-corrected chi connectivity index (χ4v) is 2.56. The van der Waals surface area contributed by atoms with E-state index >= 15 is 0 Å². The second-order valence-corrected chi connectivity index (χ2v) is 5.47. The van der Waals surface area contributed by atoms with Gasteiger partial charge in [-0.1, -0.05) is 11.6 Å². The quantitative estimate of drug-likeness (QED) is 0.539. The van der Waals surface area contributed by atoms with Crippen molar-refractivity contribution < 1.29 is 4.92 Å². The van der Waals surface area contributed by atoms with Gasteiger partial charge < -0.3 is 0 Å². The van der Waals surface area contributed by atoms with Gasteiger partial charge in [0, 0.05) is 17.5 Å². The second kappa shape index (κ2) is 5.34. The molecule has 0 amide bonds. The predicted octanol–water partition coefficient (Wildman–Crippen LogP) is 2.21. The van der Waals surface area contributed by atoms with Crippen molar-refractivity contribution in [3.8, 4) is 0 Å². The summed E-state index contributed by atoms with van der Waals surface area (Å²) in [5.41, 5.74) is 0.551. The Morgan fingerprint density at radius 2 is 2.18 bits per heavy atom. The number of nitrogens with zero attached hydrogens (tertiary/aromatic N) is 7. The van der Waals surface area contributed by atoms with Crippen molar-refractivity contribution in [2.45, 2.75) is 26.4 Å². The Bertz CT molecular complexity index is 854. The van der Waals surface area contributed by atoms with Crippen LogP contribution in [0.1, 0.15) is 25.7 Å². The van der Waals surface area contributed by atoms with E-state index in [1.807, 2.05) is 13.8 Å². The Labute approximate surface area is 129 Å². The second-order valence-electron chi connectivity index (χ2n) is 5.06. The minimum absolute atomic E-state index is 0.0657. The monoisotopic (exact) mass is 321 g/mol. The van der Waals surface area contributed by atoms with E-state index in [1.54, 1.807) is 9.36 Å². The van der Waals surface area contributed by atoms with Crippen LogP contribution in [-0.4, -0.2) is 34.9 Å². The van der Waals surface area contributed by atoms with Gasteiger partial charge in [0.05, 0.1) is 27.7 Å². The van der Waals surface area contributed by atoms with Crippen molar-refractivity contribution in [1.29, 1.82) is 0 Å². The summed E-state index contributed by atoms with van der Waals surface area (Å²) in [5, 5.41) is 27.5. The van der Waals surface area contributed by atoms with Crippen molar-refractivity contribution in [3.05, 3.63) is 39.3 Å². The molecule has 2 heterocycles. The number of hydrogen-bond donors (Lipinski definition) is 0. The van der Waals surface area contributed by atoms with Gasteiger partial charge >= 0.3 is 0 Å². The van der Waals surface area contributed by atoms with Gasteiger partial charge in [-0.15, -0.1) is 5.10 Å². The number of non-ortho nitro benzene ring substituents is 1. The highest BCUT2D eigenvalue weighted by Gasteiger charge is 2.17.